The minimum absolute atomic E-state index is 0. The molecule has 3 rings (SSSR count). The number of rotatable bonds is 3. The molecule has 0 saturated heterocycles. The van der Waals surface area contributed by atoms with Crippen molar-refractivity contribution in [1.82, 2.24) is 0 Å². The van der Waals surface area contributed by atoms with E-state index in [4.69, 9.17) is 0 Å². The predicted octanol–water partition coefficient (Wildman–Crippen LogP) is 8.09. The number of hydrogen-bond donors (Lipinski definition) is 0. The van der Waals surface area contributed by atoms with Gasteiger partial charge in [0.25, 0.3) is 0 Å². The molecule has 1 aliphatic carbocycles. The summed E-state index contributed by atoms with van der Waals surface area (Å²) in [6.45, 7) is 14.1. The Morgan fingerprint density at radius 1 is 0.533 bits per heavy atom. The number of benzene rings is 2. The van der Waals surface area contributed by atoms with Crippen LogP contribution in [0.2, 0.25) is 0 Å². The van der Waals surface area contributed by atoms with Crippen molar-refractivity contribution in [2.75, 3.05) is 0 Å². The fraction of sp³-hybridized carbons (Fsp3) is 0.321. The number of hydrogen-bond acceptors (Lipinski definition) is 0. The molecule has 2 aromatic carbocycles. The van der Waals surface area contributed by atoms with E-state index < -0.39 is 0 Å². The average Bonchev–Trinajstić information content (AvgIpc) is 3.28. The fourth-order valence-corrected chi connectivity index (χ4v) is 6.87. The van der Waals surface area contributed by atoms with E-state index in [0.717, 1.165) is 28.1 Å². The molecule has 1 aliphatic rings. The molecule has 30 heavy (non-hydrogen) atoms. The van der Waals surface area contributed by atoms with Crippen molar-refractivity contribution in [1.29, 1.82) is 0 Å². The van der Waals surface area contributed by atoms with Gasteiger partial charge in [-0.2, -0.15) is 0 Å². The van der Waals surface area contributed by atoms with Crippen molar-refractivity contribution in [3.8, 4) is 11.8 Å². The first-order valence-corrected chi connectivity index (χ1v) is 12.0. The molecule has 162 valence electrons. The van der Waals surface area contributed by atoms with Crippen LogP contribution in [0.3, 0.4) is 0 Å². The molecule has 0 aromatic heterocycles. The largest absolute Gasteiger partial charge is 0.0988 e. The summed E-state index contributed by atoms with van der Waals surface area (Å²) in [5.74, 6) is 6.22. The van der Waals surface area contributed by atoms with Gasteiger partial charge in [0.05, 0.1) is 0 Å². The maximum Gasteiger partial charge on any atom is 0.0249 e. The summed E-state index contributed by atoms with van der Waals surface area (Å²) >= 11 is 0. The van der Waals surface area contributed by atoms with Crippen molar-refractivity contribution in [2.24, 2.45) is 0 Å². The van der Waals surface area contributed by atoms with Crippen LogP contribution in [0, 0.1) is 18.3 Å². The smallest absolute Gasteiger partial charge is 0.0249 e. The molecule has 2 radical (unpaired) electrons. The summed E-state index contributed by atoms with van der Waals surface area (Å²) in [6, 6.07) is 20.0. The van der Waals surface area contributed by atoms with Gasteiger partial charge in [-0.15, -0.1) is 0 Å². The van der Waals surface area contributed by atoms with Gasteiger partial charge in [-0.1, -0.05) is 122 Å². The topological polar surface area (TPSA) is 0 Å². The summed E-state index contributed by atoms with van der Waals surface area (Å²) in [7, 11) is 0.262. The average molecular weight is 506 g/mol. The zero-order valence-corrected chi connectivity index (χ0v) is 21.7. The predicted molar refractivity (Wildman–Crippen MR) is 134 cm³/mol. The molecule has 0 saturated carbocycles. The Bertz CT molecular complexity index is 705. The zero-order valence-electron chi connectivity index (χ0n) is 19.2. The normalized spacial score (nSPS) is 11.3. The molecule has 0 fully saturated rings. The van der Waals surface area contributed by atoms with Gasteiger partial charge in [0.1, 0.15) is 0 Å². The van der Waals surface area contributed by atoms with Gasteiger partial charge in [0, 0.05) is 37.0 Å². The van der Waals surface area contributed by atoms with E-state index in [1.807, 2.05) is 91.4 Å². The second-order valence-corrected chi connectivity index (χ2v) is 11.7. The molecule has 0 heterocycles. The fourth-order valence-electron chi connectivity index (χ4n) is 3.30. The first-order chi connectivity index (χ1) is 13.9. The van der Waals surface area contributed by atoms with Gasteiger partial charge in [-0.05, 0) is 41.2 Å². The van der Waals surface area contributed by atoms with Crippen LogP contribution in [0.1, 0.15) is 52.7 Å². The van der Waals surface area contributed by atoms with Gasteiger partial charge in [0.15, 0.2) is 0 Å². The van der Waals surface area contributed by atoms with E-state index in [1.165, 1.54) is 0 Å². The van der Waals surface area contributed by atoms with Crippen molar-refractivity contribution in [3.05, 3.63) is 103 Å². The quantitative estimate of drug-likeness (QED) is 0.224. The Hall–Kier alpha value is -1.47. The molecule has 0 spiro atoms. The van der Waals surface area contributed by atoms with Gasteiger partial charge < -0.3 is 0 Å². The Morgan fingerprint density at radius 3 is 1.07 bits per heavy atom. The summed E-state index contributed by atoms with van der Waals surface area (Å²) < 4.78 is 0. The van der Waals surface area contributed by atoms with Crippen LogP contribution < -0.4 is 0 Å². The van der Waals surface area contributed by atoms with Crippen LogP contribution in [0.25, 0.3) is 0 Å². The van der Waals surface area contributed by atoms with Crippen LogP contribution in [-0.4, -0.2) is 17.0 Å². The van der Waals surface area contributed by atoms with Crippen LogP contribution in [0.5, 0.6) is 0 Å². The van der Waals surface area contributed by atoms with E-state index >= 15 is 0 Å². The van der Waals surface area contributed by atoms with Gasteiger partial charge in [-0.3, -0.25) is 0 Å². The monoisotopic (exact) mass is 506 g/mol. The Balaban J connectivity index is 0.000000460. The molecule has 0 nitrogen and oxygen atoms in total. The van der Waals surface area contributed by atoms with Crippen LogP contribution >= 0.6 is 7.92 Å². The zero-order chi connectivity index (χ0) is 21.5. The molecule has 0 amide bonds. The van der Waals surface area contributed by atoms with E-state index in [2.05, 4.69) is 53.4 Å². The minimum atomic E-state index is 0. The van der Waals surface area contributed by atoms with Gasteiger partial charge >= 0.3 is 0 Å². The van der Waals surface area contributed by atoms with Crippen molar-refractivity contribution in [2.45, 2.75) is 58.5 Å². The minimum Gasteiger partial charge on any atom is -0.0988 e. The summed E-state index contributed by atoms with van der Waals surface area (Å²) in [4.78, 5) is 0. The van der Waals surface area contributed by atoms with E-state index in [-0.39, 0.29) is 27.4 Å². The molecule has 0 atom stereocenters. The summed E-state index contributed by atoms with van der Waals surface area (Å²) in [6.07, 6.45) is 10.0. The van der Waals surface area contributed by atoms with Crippen LogP contribution in [0.15, 0.2) is 85.0 Å². The Kier molecular flexibility index (Phi) is 16.4. The number of allylic oxidation sites excluding steroid dienone is 4. The summed E-state index contributed by atoms with van der Waals surface area (Å²) in [5.41, 5.74) is 4.80. The third-order valence-electron chi connectivity index (χ3n) is 4.24. The Morgan fingerprint density at radius 2 is 0.867 bits per heavy atom. The van der Waals surface area contributed by atoms with Gasteiger partial charge in [-0.25, -0.2) is 0 Å². The maximum absolute atomic E-state index is 3.11. The van der Waals surface area contributed by atoms with E-state index in [0.29, 0.717) is 0 Å². The van der Waals surface area contributed by atoms with Crippen LogP contribution in [0.4, 0.5) is 0 Å². The molecule has 2 aromatic rings. The molecule has 0 bridgehead atoms. The second kappa shape index (κ2) is 17.2. The molecular formula is C28H36PRh. The van der Waals surface area contributed by atoms with E-state index in [9.17, 15) is 0 Å². The third-order valence-corrected chi connectivity index (χ3v) is 7.82. The molecule has 0 N–H and O–H groups in total. The van der Waals surface area contributed by atoms with Crippen LogP contribution in [-0.2, 0) is 19.5 Å². The summed E-state index contributed by atoms with van der Waals surface area (Å²) in [5, 5.41) is 0. The Labute approximate surface area is 199 Å². The first kappa shape index (κ1) is 28.5. The molecule has 0 aliphatic heterocycles. The molecular weight excluding hydrogens is 470 g/mol. The van der Waals surface area contributed by atoms with Crippen molar-refractivity contribution < 1.29 is 19.5 Å². The molecule has 2 heteroatoms. The first-order valence-electron chi connectivity index (χ1n) is 10.5. The van der Waals surface area contributed by atoms with Crippen molar-refractivity contribution >= 4 is 7.92 Å². The van der Waals surface area contributed by atoms with E-state index in [1.54, 1.807) is 0 Å². The van der Waals surface area contributed by atoms with Gasteiger partial charge in [0.2, 0.25) is 0 Å². The third kappa shape index (κ3) is 13.0. The standard InChI is InChI=1S/C14H10.C9H21P.C5H5.Rh/c1-3-7-13(8-4-1)11-12-14-9-5-2-6-10-14;1-7(2)10(8(3)4)9(5)6;1-2-4-5-3-1;/h1-10H;7-9H,1-6H3;1-5H;. The SMILES string of the molecule is C(#Cc1ccccc1)c1ccccc1.CC(C)P(C(C)C)C(C)C.[CH]1C=CC=C1.[Rh]. The maximum atomic E-state index is 3.11. The second-order valence-electron chi connectivity index (χ2n) is 7.67. The van der Waals surface area contributed by atoms with Crippen molar-refractivity contribution in [3.63, 3.8) is 0 Å². The molecule has 0 unspecified atom stereocenters.